The molecule has 0 saturated carbocycles. The van der Waals surface area contributed by atoms with Gasteiger partial charge in [-0.05, 0) is 12.8 Å². The molecule has 1 fully saturated rings. The van der Waals surface area contributed by atoms with E-state index in [4.69, 9.17) is 4.74 Å². The molecule has 2 unspecified atom stereocenters. The van der Waals surface area contributed by atoms with Crippen molar-refractivity contribution in [3.05, 3.63) is 12.2 Å². The van der Waals surface area contributed by atoms with Crippen LogP contribution in [0.4, 0.5) is 0 Å². The van der Waals surface area contributed by atoms with Gasteiger partial charge in [-0.3, -0.25) is 0 Å². The van der Waals surface area contributed by atoms with Crippen molar-refractivity contribution < 1.29 is 4.74 Å². The largest absolute Gasteiger partial charge is 0.367 e. The van der Waals surface area contributed by atoms with Gasteiger partial charge in [-0.25, -0.2) is 0 Å². The van der Waals surface area contributed by atoms with Gasteiger partial charge in [0.2, 0.25) is 0 Å². The predicted molar refractivity (Wildman–Crippen MR) is 27.0 cm³/mol. The second kappa shape index (κ2) is 1.10. The van der Waals surface area contributed by atoms with Crippen molar-refractivity contribution in [1.29, 1.82) is 0 Å². The highest BCUT2D eigenvalue weighted by Crippen LogP contribution is 2.27. The lowest BCUT2D eigenvalue weighted by Gasteiger charge is -1.93. The first-order valence-electron chi connectivity index (χ1n) is 2.79. The van der Waals surface area contributed by atoms with Crippen LogP contribution in [0.5, 0.6) is 0 Å². The molecule has 2 aliphatic rings. The summed E-state index contributed by atoms with van der Waals surface area (Å²) in [5, 5.41) is 0. The molecular formula is C6H8O. The van der Waals surface area contributed by atoms with Crippen LogP contribution in [0.25, 0.3) is 0 Å². The van der Waals surface area contributed by atoms with E-state index >= 15 is 0 Å². The number of rotatable bonds is 0. The fourth-order valence-corrected chi connectivity index (χ4v) is 1.22. The van der Waals surface area contributed by atoms with Gasteiger partial charge in [0.1, 0.15) is 0 Å². The van der Waals surface area contributed by atoms with Gasteiger partial charge in [-0.2, -0.15) is 0 Å². The SMILES string of the molecule is C1=CC2CCC1O2. The molecule has 2 aliphatic heterocycles. The molecule has 2 rings (SSSR count). The molecule has 0 aromatic rings. The smallest absolute Gasteiger partial charge is 0.0765 e. The van der Waals surface area contributed by atoms with Crippen LogP contribution in [-0.2, 0) is 4.74 Å². The molecule has 1 saturated heterocycles. The molecule has 1 nitrogen and oxygen atoms in total. The third-order valence-corrected chi connectivity index (χ3v) is 1.63. The fraction of sp³-hybridized carbons (Fsp3) is 0.667. The average molecular weight is 96.1 g/mol. The van der Waals surface area contributed by atoms with E-state index in [-0.39, 0.29) is 0 Å². The van der Waals surface area contributed by atoms with E-state index in [2.05, 4.69) is 12.2 Å². The van der Waals surface area contributed by atoms with E-state index < -0.39 is 0 Å². The van der Waals surface area contributed by atoms with Crippen LogP contribution in [0.2, 0.25) is 0 Å². The molecule has 2 heterocycles. The number of ether oxygens (including phenoxy) is 1. The molecule has 7 heavy (non-hydrogen) atoms. The van der Waals surface area contributed by atoms with Crippen LogP contribution in [0, 0.1) is 0 Å². The van der Waals surface area contributed by atoms with E-state index in [1.54, 1.807) is 0 Å². The summed E-state index contributed by atoms with van der Waals surface area (Å²) in [6.07, 6.45) is 7.81. The molecule has 0 radical (unpaired) electrons. The third-order valence-electron chi connectivity index (χ3n) is 1.63. The summed E-state index contributed by atoms with van der Waals surface area (Å²) in [6, 6.07) is 0. The summed E-state index contributed by atoms with van der Waals surface area (Å²) >= 11 is 0. The molecule has 0 aliphatic carbocycles. The Labute approximate surface area is 43.0 Å². The zero-order valence-electron chi connectivity index (χ0n) is 4.13. The maximum Gasteiger partial charge on any atom is 0.0765 e. The fourth-order valence-electron chi connectivity index (χ4n) is 1.22. The second-order valence-electron chi connectivity index (χ2n) is 2.18. The third kappa shape index (κ3) is 0.416. The van der Waals surface area contributed by atoms with Crippen molar-refractivity contribution in [2.45, 2.75) is 25.0 Å². The number of hydrogen-bond acceptors (Lipinski definition) is 1. The van der Waals surface area contributed by atoms with Gasteiger partial charge < -0.3 is 4.74 Å². The lowest BCUT2D eigenvalue weighted by molar-refractivity contribution is 0.120. The quantitative estimate of drug-likeness (QED) is 0.410. The molecule has 2 bridgehead atoms. The van der Waals surface area contributed by atoms with Crippen molar-refractivity contribution in [3.8, 4) is 0 Å². The minimum atomic E-state index is 0.491. The van der Waals surface area contributed by atoms with Gasteiger partial charge in [0.05, 0.1) is 12.2 Å². The van der Waals surface area contributed by atoms with Crippen LogP contribution < -0.4 is 0 Å². The summed E-state index contributed by atoms with van der Waals surface area (Å²) < 4.78 is 5.36. The van der Waals surface area contributed by atoms with Crippen molar-refractivity contribution in [3.63, 3.8) is 0 Å². The number of fused-ring (bicyclic) bond motifs is 2. The van der Waals surface area contributed by atoms with E-state index in [0.717, 1.165) is 0 Å². The Balaban J connectivity index is 2.27. The van der Waals surface area contributed by atoms with Gasteiger partial charge in [0, 0.05) is 0 Å². The van der Waals surface area contributed by atoms with Crippen molar-refractivity contribution in [1.82, 2.24) is 0 Å². The molecule has 0 spiro atoms. The zero-order valence-corrected chi connectivity index (χ0v) is 4.13. The Morgan fingerprint density at radius 1 is 1.14 bits per heavy atom. The Hall–Kier alpha value is -0.300. The maximum atomic E-state index is 5.36. The van der Waals surface area contributed by atoms with Gasteiger partial charge in [-0.1, -0.05) is 12.2 Å². The lowest BCUT2D eigenvalue weighted by Crippen LogP contribution is -1.95. The van der Waals surface area contributed by atoms with E-state index in [0.29, 0.717) is 12.2 Å². The van der Waals surface area contributed by atoms with Crippen molar-refractivity contribution >= 4 is 0 Å². The maximum absolute atomic E-state index is 5.36. The van der Waals surface area contributed by atoms with Gasteiger partial charge in [0.25, 0.3) is 0 Å². The van der Waals surface area contributed by atoms with Crippen molar-refractivity contribution in [2.75, 3.05) is 0 Å². The minimum absolute atomic E-state index is 0.491. The van der Waals surface area contributed by atoms with Crippen molar-refractivity contribution in [2.24, 2.45) is 0 Å². The summed E-state index contributed by atoms with van der Waals surface area (Å²) in [7, 11) is 0. The van der Waals surface area contributed by atoms with Crippen LogP contribution in [0.1, 0.15) is 12.8 Å². The van der Waals surface area contributed by atoms with Crippen LogP contribution in [0.3, 0.4) is 0 Å². The molecule has 2 atom stereocenters. The summed E-state index contributed by atoms with van der Waals surface area (Å²) in [4.78, 5) is 0. The molecule has 0 aromatic carbocycles. The van der Waals surface area contributed by atoms with Gasteiger partial charge >= 0.3 is 0 Å². The predicted octanol–water partition coefficient (Wildman–Crippen LogP) is 1.10. The molecule has 1 heteroatoms. The average Bonchev–Trinajstić information content (AvgIpc) is 2.22. The first kappa shape index (κ1) is 3.67. The van der Waals surface area contributed by atoms with Crippen LogP contribution >= 0.6 is 0 Å². The highest BCUT2D eigenvalue weighted by atomic mass is 16.5. The highest BCUT2D eigenvalue weighted by Gasteiger charge is 2.25. The topological polar surface area (TPSA) is 9.23 Å². The van der Waals surface area contributed by atoms with E-state index in [9.17, 15) is 0 Å². The van der Waals surface area contributed by atoms with Crippen LogP contribution in [0.15, 0.2) is 12.2 Å². The normalized spacial score (nSPS) is 45.7. The zero-order chi connectivity index (χ0) is 4.69. The molecule has 0 N–H and O–H groups in total. The minimum Gasteiger partial charge on any atom is -0.367 e. The molecule has 0 amide bonds. The number of hydrogen-bond donors (Lipinski definition) is 0. The summed E-state index contributed by atoms with van der Waals surface area (Å²) in [5.41, 5.74) is 0. The Morgan fingerprint density at radius 3 is 1.86 bits per heavy atom. The first-order chi connectivity index (χ1) is 3.45. The molecule has 38 valence electrons. The Morgan fingerprint density at radius 2 is 1.71 bits per heavy atom. The lowest BCUT2D eigenvalue weighted by atomic mass is 10.1. The van der Waals surface area contributed by atoms with E-state index in [1.807, 2.05) is 0 Å². The molecule has 0 aromatic heterocycles. The Bertz CT molecular complexity index is 94.7. The monoisotopic (exact) mass is 96.1 g/mol. The second-order valence-corrected chi connectivity index (χ2v) is 2.18. The highest BCUT2D eigenvalue weighted by molar-refractivity contribution is 5.07. The summed E-state index contributed by atoms with van der Waals surface area (Å²) in [6.45, 7) is 0. The molecular weight excluding hydrogens is 88.1 g/mol. The van der Waals surface area contributed by atoms with Crippen LogP contribution in [-0.4, -0.2) is 12.2 Å². The Kier molecular flexibility index (Phi) is 0.577. The first-order valence-corrected chi connectivity index (χ1v) is 2.79. The van der Waals surface area contributed by atoms with Gasteiger partial charge in [-0.15, -0.1) is 0 Å². The van der Waals surface area contributed by atoms with Gasteiger partial charge in [0.15, 0.2) is 0 Å². The summed E-state index contributed by atoms with van der Waals surface area (Å²) in [5.74, 6) is 0. The van der Waals surface area contributed by atoms with E-state index in [1.165, 1.54) is 12.8 Å². The standard InChI is InChI=1S/C6H8O/c1-2-6-4-3-5(1)7-6/h1-2,5-6H,3-4H2.